The van der Waals surface area contributed by atoms with Gasteiger partial charge in [0.15, 0.2) is 5.82 Å². The molecule has 0 unspecified atom stereocenters. The van der Waals surface area contributed by atoms with E-state index in [1.807, 2.05) is 0 Å². The van der Waals surface area contributed by atoms with E-state index in [0.29, 0.717) is 24.2 Å². The van der Waals surface area contributed by atoms with Crippen molar-refractivity contribution in [3.05, 3.63) is 46.9 Å². The van der Waals surface area contributed by atoms with Gasteiger partial charge >= 0.3 is 6.18 Å². The van der Waals surface area contributed by atoms with Crippen LogP contribution in [0.25, 0.3) is 0 Å². The molecule has 1 amide bonds. The third-order valence-electron chi connectivity index (χ3n) is 3.90. The van der Waals surface area contributed by atoms with Crippen LogP contribution in [0.5, 0.6) is 0 Å². The Morgan fingerprint density at radius 1 is 1.38 bits per heavy atom. The lowest BCUT2D eigenvalue weighted by atomic mass is 10.0. The number of likely N-dealkylation sites (tertiary alicyclic amines) is 1. The molecule has 1 saturated heterocycles. The Morgan fingerprint density at radius 2 is 2.12 bits per heavy atom. The molecule has 1 aromatic carbocycles. The molecule has 0 saturated carbocycles. The third-order valence-corrected chi connectivity index (χ3v) is 3.90. The number of nitrogens with zero attached hydrogens (tertiary/aromatic N) is 3. The molecule has 0 spiro atoms. The van der Waals surface area contributed by atoms with E-state index in [1.54, 1.807) is 6.92 Å². The van der Waals surface area contributed by atoms with Crippen LogP contribution < -0.4 is 0 Å². The van der Waals surface area contributed by atoms with E-state index in [1.165, 1.54) is 4.90 Å². The van der Waals surface area contributed by atoms with E-state index in [2.05, 4.69) is 10.1 Å². The number of hydrogen-bond acceptors (Lipinski definition) is 4. The largest absolute Gasteiger partial charge is 0.417 e. The molecule has 0 radical (unpaired) electrons. The number of amides is 1. The lowest BCUT2D eigenvalue weighted by molar-refractivity contribution is -0.138. The highest BCUT2D eigenvalue weighted by molar-refractivity contribution is 5.96. The van der Waals surface area contributed by atoms with Gasteiger partial charge in [-0.1, -0.05) is 11.2 Å². The highest BCUT2D eigenvalue weighted by Crippen LogP contribution is 2.35. The quantitative estimate of drug-likeness (QED) is 0.786. The van der Waals surface area contributed by atoms with Crippen LogP contribution in [-0.4, -0.2) is 34.0 Å². The Morgan fingerprint density at radius 3 is 2.75 bits per heavy atom. The molecule has 2 heterocycles. The number of carbonyl (C=O) groups is 1. The molecule has 1 fully saturated rings. The minimum Gasteiger partial charge on any atom is -0.339 e. The molecular formula is C15H13F4N3O2. The van der Waals surface area contributed by atoms with Gasteiger partial charge in [-0.05, 0) is 25.5 Å². The van der Waals surface area contributed by atoms with Crippen molar-refractivity contribution < 1.29 is 26.9 Å². The molecule has 1 aromatic heterocycles. The van der Waals surface area contributed by atoms with E-state index < -0.39 is 29.0 Å². The molecule has 0 aliphatic carbocycles. The van der Waals surface area contributed by atoms with Crippen molar-refractivity contribution in [1.82, 2.24) is 15.0 Å². The molecule has 0 bridgehead atoms. The molecule has 9 heteroatoms. The average Bonchev–Trinajstić information content (AvgIpc) is 3.14. The number of benzene rings is 1. The summed E-state index contributed by atoms with van der Waals surface area (Å²) in [5.74, 6) is -1.68. The fraction of sp³-hybridized carbons (Fsp3) is 0.400. The summed E-state index contributed by atoms with van der Waals surface area (Å²) in [5, 5.41) is 3.65. The zero-order valence-corrected chi connectivity index (χ0v) is 12.6. The van der Waals surface area contributed by atoms with Crippen molar-refractivity contribution in [3.8, 4) is 0 Å². The van der Waals surface area contributed by atoms with Gasteiger partial charge in [-0.2, -0.15) is 18.2 Å². The van der Waals surface area contributed by atoms with Crippen LogP contribution >= 0.6 is 0 Å². The van der Waals surface area contributed by atoms with Gasteiger partial charge in [0.05, 0.1) is 17.0 Å². The van der Waals surface area contributed by atoms with E-state index in [9.17, 15) is 22.4 Å². The second-order valence-corrected chi connectivity index (χ2v) is 5.58. The van der Waals surface area contributed by atoms with Crippen molar-refractivity contribution >= 4 is 5.91 Å². The summed E-state index contributed by atoms with van der Waals surface area (Å²) in [6, 6.07) is 2.48. The van der Waals surface area contributed by atoms with Crippen LogP contribution in [0.2, 0.25) is 0 Å². The first-order chi connectivity index (χ1) is 11.3. The topological polar surface area (TPSA) is 59.2 Å². The van der Waals surface area contributed by atoms with Gasteiger partial charge in [0.2, 0.25) is 5.89 Å². The molecule has 0 N–H and O–H groups in total. The van der Waals surface area contributed by atoms with Gasteiger partial charge in [0.25, 0.3) is 5.91 Å². The van der Waals surface area contributed by atoms with Crippen LogP contribution in [0, 0.1) is 12.7 Å². The second-order valence-electron chi connectivity index (χ2n) is 5.58. The van der Waals surface area contributed by atoms with Crippen molar-refractivity contribution in [1.29, 1.82) is 0 Å². The van der Waals surface area contributed by atoms with Gasteiger partial charge < -0.3 is 9.42 Å². The predicted octanol–water partition coefficient (Wildman–Crippen LogP) is 3.17. The average molecular weight is 343 g/mol. The molecule has 2 aromatic rings. The van der Waals surface area contributed by atoms with Crippen molar-refractivity contribution in [2.75, 3.05) is 13.1 Å². The molecule has 1 atom stereocenters. The van der Waals surface area contributed by atoms with Crippen LogP contribution in [0.1, 0.15) is 40.0 Å². The second kappa shape index (κ2) is 5.88. The van der Waals surface area contributed by atoms with E-state index in [0.717, 1.165) is 12.1 Å². The summed E-state index contributed by atoms with van der Waals surface area (Å²) in [6.45, 7) is 1.93. The van der Waals surface area contributed by atoms with Crippen LogP contribution in [-0.2, 0) is 6.18 Å². The Balaban J connectivity index is 1.86. The maximum Gasteiger partial charge on any atom is 0.417 e. The van der Waals surface area contributed by atoms with Gasteiger partial charge in [-0.15, -0.1) is 0 Å². The highest BCUT2D eigenvalue weighted by atomic mass is 19.4. The summed E-state index contributed by atoms with van der Waals surface area (Å²) in [6.07, 6.45) is -4.35. The van der Waals surface area contributed by atoms with Crippen LogP contribution in [0.15, 0.2) is 22.7 Å². The normalized spacial score (nSPS) is 18.2. The Kier molecular flexibility index (Phi) is 4.02. The number of halogens is 4. The molecular weight excluding hydrogens is 330 g/mol. The molecule has 1 aliphatic heterocycles. The smallest absolute Gasteiger partial charge is 0.339 e. The molecule has 1 aliphatic rings. The van der Waals surface area contributed by atoms with Gasteiger partial charge in [0.1, 0.15) is 5.82 Å². The molecule has 3 rings (SSSR count). The number of alkyl halides is 3. The highest BCUT2D eigenvalue weighted by Gasteiger charge is 2.39. The van der Waals surface area contributed by atoms with Crippen LogP contribution in [0.3, 0.4) is 0 Å². The lowest BCUT2D eigenvalue weighted by Crippen LogP contribution is -2.31. The standard InChI is InChI=1S/C15H13F4N3O2/c1-8-20-13(24-21-8)9-5-6-22(7-9)14(23)12-10(15(17,18)19)3-2-4-11(12)16/h2-4,9H,5-7H2,1H3/t9-/m1/s1. The Hall–Kier alpha value is -2.45. The number of aromatic nitrogens is 2. The van der Waals surface area contributed by atoms with Gasteiger partial charge in [-0.3, -0.25) is 4.79 Å². The number of aryl methyl sites for hydroxylation is 1. The minimum atomic E-state index is -4.81. The Labute approximate surface area is 134 Å². The number of rotatable bonds is 2. The van der Waals surface area contributed by atoms with Crippen LogP contribution in [0.4, 0.5) is 17.6 Å². The van der Waals surface area contributed by atoms with E-state index in [-0.39, 0.29) is 19.0 Å². The molecule has 128 valence electrons. The van der Waals surface area contributed by atoms with Crippen molar-refractivity contribution in [2.45, 2.75) is 25.4 Å². The molecule has 5 nitrogen and oxygen atoms in total. The monoisotopic (exact) mass is 343 g/mol. The van der Waals surface area contributed by atoms with Crippen molar-refractivity contribution in [3.63, 3.8) is 0 Å². The Bertz CT molecular complexity index is 772. The first kappa shape index (κ1) is 16.4. The summed E-state index contributed by atoms with van der Waals surface area (Å²) in [7, 11) is 0. The van der Waals surface area contributed by atoms with E-state index in [4.69, 9.17) is 4.52 Å². The van der Waals surface area contributed by atoms with Gasteiger partial charge in [0, 0.05) is 13.1 Å². The number of hydrogen-bond donors (Lipinski definition) is 0. The summed E-state index contributed by atoms with van der Waals surface area (Å²) in [5.41, 5.74) is -2.23. The zero-order valence-electron chi connectivity index (χ0n) is 12.6. The maximum absolute atomic E-state index is 13.9. The van der Waals surface area contributed by atoms with Gasteiger partial charge in [-0.25, -0.2) is 4.39 Å². The van der Waals surface area contributed by atoms with Crippen molar-refractivity contribution in [2.24, 2.45) is 0 Å². The zero-order chi connectivity index (χ0) is 17.5. The fourth-order valence-corrected chi connectivity index (χ4v) is 2.76. The summed E-state index contributed by atoms with van der Waals surface area (Å²) >= 11 is 0. The predicted molar refractivity (Wildman–Crippen MR) is 73.7 cm³/mol. The minimum absolute atomic E-state index is 0.103. The fourth-order valence-electron chi connectivity index (χ4n) is 2.76. The summed E-state index contributed by atoms with van der Waals surface area (Å²) in [4.78, 5) is 17.7. The third kappa shape index (κ3) is 2.98. The van der Waals surface area contributed by atoms with E-state index >= 15 is 0 Å². The number of carbonyl (C=O) groups excluding carboxylic acids is 1. The lowest BCUT2D eigenvalue weighted by Gasteiger charge is -2.19. The SMILES string of the molecule is Cc1noc([C@@H]2CCN(C(=O)c3c(F)cccc3C(F)(F)F)C2)n1. The molecule has 24 heavy (non-hydrogen) atoms. The first-order valence-corrected chi connectivity index (χ1v) is 7.22. The first-order valence-electron chi connectivity index (χ1n) is 7.22. The summed E-state index contributed by atoms with van der Waals surface area (Å²) < 4.78 is 58.1. The maximum atomic E-state index is 13.9.